The van der Waals surface area contributed by atoms with Gasteiger partial charge in [0.25, 0.3) is 0 Å². The summed E-state index contributed by atoms with van der Waals surface area (Å²) in [5, 5.41) is 1.24. The van der Waals surface area contributed by atoms with E-state index in [2.05, 4.69) is 62.3 Å². The number of allylic oxidation sites excluding steroid dienone is 7. The molecule has 0 atom stereocenters. The van der Waals surface area contributed by atoms with E-state index in [1.165, 1.54) is 47.4 Å². The lowest BCUT2D eigenvalue weighted by Gasteiger charge is -2.33. The molecule has 0 saturated carbocycles. The second-order valence-electron chi connectivity index (χ2n) is 8.65. The molecular weight excluding hydrogens is 370 g/mol. The number of carbonyl (C=O) groups excluding carboxylic acids is 1. The van der Waals surface area contributed by atoms with Gasteiger partial charge in [0.15, 0.2) is 0 Å². The molecule has 3 nitrogen and oxygen atoms in total. The van der Waals surface area contributed by atoms with Gasteiger partial charge in [-0.15, -0.1) is 0 Å². The molecule has 0 fully saturated rings. The van der Waals surface area contributed by atoms with Crippen molar-refractivity contribution in [2.75, 3.05) is 6.61 Å². The summed E-state index contributed by atoms with van der Waals surface area (Å²) in [6.45, 7) is 9.12. The summed E-state index contributed by atoms with van der Waals surface area (Å²) < 4.78 is 5.00. The van der Waals surface area contributed by atoms with Gasteiger partial charge in [0, 0.05) is 23.2 Å². The number of carbonyl (C=O) groups is 1. The molecule has 3 heteroatoms. The largest absolute Gasteiger partial charge is 0.463 e. The summed E-state index contributed by atoms with van der Waals surface area (Å²) in [6.07, 6.45) is 16.3. The molecule has 0 radical (unpaired) electrons. The quantitative estimate of drug-likeness (QED) is 0.312. The second kappa shape index (κ2) is 9.80. The van der Waals surface area contributed by atoms with E-state index in [9.17, 15) is 4.79 Å². The van der Waals surface area contributed by atoms with E-state index >= 15 is 0 Å². The molecule has 1 heterocycles. The molecule has 0 bridgehead atoms. The Morgan fingerprint density at radius 3 is 2.80 bits per heavy atom. The Morgan fingerprint density at radius 1 is 1.23 bits per heavy atom. The zero-order chi connectivity index (χ0) is 21.6. The predicted octanol–water partition coefficient (Wildman–Crippen LogP) is 6.84. The fourth-order valence-electron chi connectivity index (χ4n) is 4.31. The first-order valence-corrected chi connectivity index (χ1v) is 10.9. The number of benzene rings is 1. The molecule has 1 aromatic heterocycles. The van der Waals surface area contributed by atoms with Crippen LogP contribution in [0.25, 0.3) is 10.9 Å². The topological polar surface area (TPSA) is 42.1 Å². The van der Waals surface area contributed by atoms with Crippen LogP contribution in [-0.2, 0) is 16.0 Å². The van der Waals surface area contributed by atoms with Gasteiger partial charge in [-0.3, -0.25) is 0 Å². The second-order valence-corrected chi connectivity index (χ2v) is 8.65. The van der Waals surface area contributed by atoms with E-state index in [-0.39, 0.29) is 11.4 Å². The number of rotatable bonds is 7. The van der Waals surface area contributed by atoms with Crippen molar-refractivity contribution in [1.29, 1.82) is 0 Å². The average Bonchev–Trinajstić information content (AvgIpc) is 3.10. The third kappa shape index (κ3) is 5.41. The molecule has 2 aromatic rings. The van der Waals surface area contributed by atoms with Crippen LogP contribution < -0.4 is 0 Å². The predicted molar refractivity (Wildman–Crippen MR) is 125 cm³/mol. The Morgan fingerprint density at radius 2 is 2.03 bits per heavy atom. The average molecular weight is 404 g/mol. The molecule has 0 saturated heterocycles. The monoisotopic (exact) mass is 403 g/mol. The van der Waals surface area contributed by atoms with Gasteiger partial charge in [-0.1, -0.05) is 61.9 Å². The number of para-hydroxylation sites is 1. The number of fused-ring (bicyclic) bond motifs is 1. The van der Waals surface area contributed by atoms with E-state index in [0.29, 0.717) is 6.61 Å². The highest BCUT2D eigenvalue weighted by Gasteiger charge is 2.26. The zero-order valence-corrected chi connectivity index (χ0v) is 18.6. The highest BCUT2D eigenvalue weighted by atomic mass is 16.5. The molecule has 30 heavy (non-hydrogen) atoms. The molecule has 1 aliphatic rings. The fourth-order valence-corrected chi connectivity index (χ4v) is 4.31. The third-order valence-corrected chi connectivity index (χ3v) is 5.91. The van der Waals surface area contributed by atoms with Crippen LogP contribution in [0.2, 0.25) is 0 Å². The van der Waals surface area contributed by atoms with Crippen molar-refractivity contribution in [1.82, 2.24) is 4.98 Å². The molecule has 0 amide bonds. The van der Waals surface area contributed by atoms with E-state index in [1.54, 1.807) is 6.08 Å². The number of esters is 1. The number of aromatic nitrogens is 1. The summed E-state index contributed by atoms with van der Waals surface area (Å²) in [5.41, 5.74) is 6.67. The van der Waals surface area contributed by atoms with Crippen molar-refractivity contribution in [2.24, 2.45) is 5.41 Å². The molecule has 1 aliphatic carbocycles. The van der Waals surface area contributed by atoms with Gasteiger partial charge >= 0.3 is 5.97 Å². The number of hydrogen-bond acceptors (Lipinski definition) is 2. The zero-order valence-electron chi connectivity index (χ0n) is 18.6. The van der Waals surface area contributed by atoms with Crippen LogP contribution in [0.5, 0.6) is 0 Å². The highest BCUT2D eigenvalue weighted by Crippen LogP contribution is 2.40. The number of nitrogens with one attached hydrogen (secondary N) is 1. The van der Waals surface area contributed by atoms with Gasteiger partial charge in [0.05, 0.1) is 6.61 Å². The normalized spacial score (nSPS) is 17.4. The highest BCUT2D eigenvalue weighted by molar-refractivity contribution is 5.83. The van der Waals surface area contributed by atoms with Crippen LogP contribution >= 0.6 is 0 Å². The summed E-state index contributed by atoms with van der Waals surface area (Å²) >= 11 is 0. The molecule has 0 unspecified atom stereocenters. The van der Waals surface area contributed by atoms with Gasteiger partial charge in [0.2, 0.25) is 0 Å². The SMILES string of the molecule is CCOC(=O)\C=C/C=C(/C=C/C1=C(C)CCCC1(C)C)Cc1c[nH]c2ccccc12. The summed E-state index contributed by atoms with van der Waals surface area (Å²) in [4.78, 5) is 15.0. The molecule has 1 N–H and O–H groups in total. The van der Waals surface area contributed by atoms with E-state index < -0.39 is 0 Å². The maximum absolute atomic E-state index is 11.7. The summed E-state index contributed by atoms with van der Waals surface area (Å²) in [7, 11) is 0. The molecule has 3 rings (SSSR count). The van der Waals surface area contributed by atoms with Gasteiger partial charge in [0.1, 0.15) is 0 Å². The van der Waals surface area contributed by atoms with Gasteiger partial charge in [-0.2, -0.15) is 0 Å². The Balaban J connectivity index is 1.90. The van der Waals surface area contributed by atoms with Crippen molar-refractivity contribution in [2.45, 2.75) is 53.4 Å². The van der Waals surface area contributed by atoms with E-state index in [4.69, 9.17) is 4.74 Å². The van der Waals surface area contributed by atoms with Crippen molar-refractivity contribution in [3.05, 3.63) is 83.1 Å². The Kier molecular flexibility index (Phi) is 7.15. The van der Waals surface area contributed by atoms with Crippen LogP contribution in [0.3, 0.4) is 0 Å². The number of H-pyrrole nitrogens is 1. The molecule has 1 aromatic carbocycles. The van der Waals surface area contributed by atoms with E-state index in [0.717, 1.165) is 17.5 Å². The Labute approximate surface area is 180 Å². The standard InChI is InChI=1S/C27H33NO2/c1-5-30-26(29)14-8-11-21(15-16-24-20(2)10-9-17-27(24,3)4)18-22-19-28-25-13-7-6-12-23(22)25/h6-8,11-16,19,28H,5,9-10,17-18H2,1-4H3/b14-8-,16-15+,21-11-. The van der Waals surface area contributed by atoms with Crippen LogP contribution in [0.15, 0.2) is 77.6 Å². The number of hydrogen-bond donors (Lipinski definition) is 1. The van der Waals surface area contributed by atoms with Gasteiger partial charge in [-0.25, -0.2) is 4.79 Å². The number of aromatic amines is 1. The molecular formula is C27H33NO2. The summed E-state index contributed by atoms with van der Waals surface area (Å²) in [6, 6.07) is 8.35. The third-order valence-electron chi connectivity index (χ3n) is 5.91. The molecule has 158 valence electrons. The lowest BCUT2D eigenvalue weighted by molar-refractivity contribution is -0.137. The first-order valence-electron chi connectivity index (χ1n) is 10.9. The lowest BCUT2D eigenvalue weighted by atomic mass is 9.72. The summed E-state index contributed by atoms with van der Waals surface area (Å²) in [5.74, 6) is -0.309. The Bertz CT molecular complexity index is 1010. The first kappa shape index (κ1) is 21.9. The fraction of sp³-hybridized carbons (Fsp3) is 0.370. The van der Waals surface area contributed by atoms with Gasteiger partial charge < -0.3 is 9.72 Å². The molecule has 0 aliphatic heterocycles. The minimum Gasteiger partial charge on any atom is -0.463 e. The minimum atomic E-state index is -0.309. The maximum Gasteiger partial charge on any atom is 0.330 e. The van der Waals surface area contributed by atoms with Crippen LogP contribution in [0.1, 0.15) is 52.5 Å². The smallest absolute Gasteiger partial charge is 0.330 e. The number of ether oxygens (including phenoxy) is 1. The van der Waals surface area contributed by atoms with Crippen LogP contribution in [0, 0.1) is 5.41 Å². The lowest BCUT2D eigenvalue weighted by Crippen LogP contribution is -2.19. The van der Waals surface area contributed by atoms with Gasteiger partial charge in [-0.05, 0) is 67.7 Å². The maximum atomic E-state index is 11.7. The van der Waals surface area contributed by atoms with Crippen molar-refractivity contribution < 1.29 is 9.53 Å². The van der Waals surface area contributed by atoms with Crippen LogP contribution in [0.4, 0.5) is 0 Å². The molecule has 0 spiro atoms. The minimum absolute atomic E-state index is 0.200. The van der Waals surface area contributed by atoms with Crippen molar-refractivity contribution in [3.8, 4) is 0 Å². The Hall–Kier alpha value is -2.81. The first-order chi connectivity index (χ1) is 14.4. The van der Waals surface area contributed by atoms with Crippen molar-refractivity contribution in [3.63, 3.8) is 0 Å². The van der Waals surface area contributed by atoms with Crippen LogP contribution in [-0.4, -0.2) is 17.6 Å². The van der Waals surface area contributed by atoms with Crippen molar-refractivity contribution >= 4 is 16.9 Å². The van der Waals surface area contributed by atoms with E-state index in [1.807, 2.05) is 19.1 Å².